The summed E-state index contributed by atoms with van der Waals surface area (Å²) in [5.41, 5.74) is -1.73. The van der Waals surface area contributed by atoms with Crippen molar-refractivity contribution in [2.24, 2.45) is 0 Å². The second-order valence-corrected chi connectivity index (χ2v) is 5.04. The van der Waals surface area contributed by atoms with E-state index >= 15 is 0 Å². The van der Waals surface area contributed by atoms with Crippen LogP contribution in [0.3, 0.4) is 0 Å². The van der Waals surface area contributed by atoms with Crippen molar-refractivity contribution in [3.8, 4) is 0 Å². The molecule has 13 heavy (non-hydrogen) atoms. The number of rotatable bonds is 1. The van der Waals surface area contributed by atoms with E-state index in [1.807, 2.05) is 18.7 Å². The van der Waals surface area contributed by atoms with Crippen LogP contribution in [-0.4, -0.2) is 40.6 Å². The van der Waals surface area contributed by atoms with Crippen molar-refractivity contribution in [1.82, 2.24) is 4.90 Å². The number of hydrogen-bond acceptors (Lipinski definition) is 2. The summed E-state index contributed by atoms with van der Waals surface area (Å²) in [6.45, 7) is 5.29. The van der Waals surface area contributed by atoms with E-state index < -0.39 is 5.67 Å². The van der Waals surface area contributed by atoms with Gasteiger partial charge in [-0.25, -0.2) is 4.39 Å². The van der Waals surface area contributed by atoms with E-state index in [9.17, 15) is 9.18 Å². The van der Waals surface area contributed by atoms with E-state index in [-0.39, 0.29) is 11.9 Å². The fourth-order valence-electron chi connectivity index (χ4n) is 1.37. The molecule has 0 saturated carbocycles. The molecule has 0 N–H and O–H groups in total. The monoisotopic (exact) mass is 205 g/mol. The largest absolute Gasteiger partial charge is 0.336 e. The Labute approximate surface area is 82.9 Å². The number of carbonyl (C=O) groups is 1. The van der Waals surface area contributed by atoms with Crippen LogP contribution in [0.15, 0.2) is 0 Å². The molecule has 1 atom stereocenters. The van der Waals surface area contributed by atoms with Gasteiger partial charge in [0.2, 0.25) is 0 Å². The Morgan fingerprint density at radius 2 is 2.23 bits per heavy atom. The van der Waals surface area contributed by atoms with Crippen LogP contribution in [-0.2, 0) is 4.79 Å². The van der Waals surface area contributed by atoms with Crippen LogP contribution in [0.5, 0.6) is 0 Å². The minimum atomic E-state index is -1.73. The second kappa shape index (κ2) is 3.86. The van der Waals surface area contributed by atoms with Crippen LogP contribution in [0.1, 0.15) is 20.8 Å². The number of alkyl halides is 1. The summed E-state index contributed by atoms with van der Waals surface area (Å²) in [5.74, 6) is 1.47. The van der Waals surface area contributed by atoms with Crippen LogP contribution >= 0.6 is 11.8 Å². The smallest absolute Gasteiger partial charge is 0.259 e. The number of amides is 1. The maximum Gasteiger partial charge on any atom is 0.259 e. The summed E-state index contributed by atoms with van der Waals surface area (Å²) in [6.07, 6.45) is 0. The predicted molar refractivity (Wildman–Crippen MR) is 53.7 cm³/mol. The zero-order valence-corrected chi connectivity index (χ0v) is 9.16. The molecular weight excluding hydrogens is 189 g/mol. The van der Waals surface area contributed by atoms with Crippen LogP contribution in [0, 0.1) is 0 Å². The van der Waals surface area contributed by atoms with Crippen molar-refractivity contribution in [2.45, 2.75) is 32.5 Å². The highest BCUT2D eigenvalue weighted by atomic mass is 32.2. The molecular formula is C9H16FNOS. The minimum Gasteiger partial charge on any atom is -0.336 e. The molecule has 1 unspecified atom stereocenters. The van der Waals surface area contributed by atoms with E-state index in [1.165, 1.54) is 13.8 Å². The van der Waals surface area contributed by atoms with Crippen molar-refractivity contribution in [3.63, 3.8) is 0 Å². The first kappa shape index (κ1) is 10.8. The summed E-state index contributed by atoms with van der Waals surface area (Å²) < 4.78 is 13.3. The van der Waals surface area contributed by atoms with Gasteiger partial charge in [-0.15, -0.1) is 0 Å². The lowest BCUT2D eigenvalue weighted by Gasteiger charge is -2.35. The summed E-state index contributed by atoms with van der Waals surface area (Å²) in [6, 6.07) is 0.168. The Morgan fingerprint density at radius 1 is 1.62 bits per heavy atom. The maximum atomic E-state index is 13.3. The number of halogens is 1. The molecule has 2 nitrogen and oxygen atoms in total. The molecule has 1 rings (SSSR count). The highest BCUT2D eigenvalue weighted by Gasteiger charge is 2.34. The molecule has 1 fully saturated rings. The van der Waals surface area contributed by atoms with Gasteiger partial charge in [0.05, 0.1) is 0 Å². The van der Waals surface area contributed by atoms with E-state index in [4.69, 9.17) is 0 Å². The Balaban J connectivity index is 2.64. The van der Waals surface area contributed by atoms with Crippen molar-refractivity contribution in [2.75, 3.05) is 18.1 Å². The molecule has 0 spiro atoms. The first-order chi connectivity index (χ1) is 5.93. The van der Waals surface area contributed by atoms with Crippen LogP contribution in [0.4, 0.5) is 4.39 Å². The topological polar surface area (TPSA) is 20.3 Å². The lowest BCUT2D eigenvalue weighted by Crippen LogP contribution is -2.50. The first-order valence-corrected chi connectivity index (χ1v) is 5.66. The highest BCUT2D eigenvalue weighted by Crippen LogP contribution is 2.21. The van der Waals surface area contributed by atoms with Gasteiger partial charge in [0, 0.05) is 24.1 Å². The van der Waals surface area contributed by atoms with Gasteiger partial charge in [-0.2, -0.15) is 11.8 Å². The summed E-state index contributed by atoms with van der Waals surface area (Å²) in [7, 11) is 0. The predicted octanol–water partition coefficient (Wildman–Crippen LogP) is 1.70. The van der Waals surface area contributed by atoms with Crippen LogP contribution in [0.2, 0.25) is 0 Å². The molecule has 1 amide bonds. The number of nitrogens with zero attached hydrogens (tertiary/aromatic N) is 1. The van der Waals surface area contributed by atoms with Crippen molar-refractivity contribution in [3.05, 3.63) is 0 Å². The summed E-state index contributed by atoms with van der Waals surface area (Å²) in [5, 5.41) is 0. The number of carbonyl (C=O) groups excluding carboxylic acids is 1. The van der Waals surface area contributed by atoms with Gasteiger partial charge < -0.3 is 4.90 Å². The third-order valence-corrected chi connectivity index (χ3v) is 3.33. The molecule has 0 aromatic heterocycles. The van der Waals surface area contributed by atoms with Crippen LogP contribution < -0.4 is 0 Å². The Hall–Kier alpha value is -0.250. The fourth-order valence-corrected chi connectivity index (χ4v) is 2.38. The van der Waals surface area contributed by atoms with Gasteiger partial charge in [-0.1, -0.05) is 0 Å². The molecule has 1 heterocycles. The van der Waals surface area contributed by atoms with E-state index in [2.05, 4.69) is 0 Å². The highest BCUT2D eigenvalue weighted by molar-refractivity contribution is 7.99. The summed E-state index contributed by atoms with van der Waals surface area (Å²) in [4.78, 5) is 13.2. The fraction of sp³-hybridized carbons (Fsp3) is 0.889. The Morgan fingerprint density at radius 3 is 2.69 bits per heavy atom. The second-order valence-electron chi connectivity index (χ2n) is 3.89. The third kappa shape index (κ3) is 2.59. The third-order valence-electron chi connectivity index (χ3n) is 2.14. The average Bonchev–Trinajstić information content (AvgIpc) is 2.02. The average molecular weight is 205 g/mol. The molecule has 1 aliphatic rings. The molecule has 1 saturated heterocycles. The van der Waals surface area contributed by atoms with Crippen molar-refractivity contribution >= 4 is 17.7 Å². The SMILES string of the molecule is CC1CSCCN1C(=O)C(C)(C)F. The molecule has 0 aromatic rings. The van der Waals surface area contributed by atoms with Crippen molar-refractivity contribution < 1.29 is 9.18 Å². The lowest BCUT2D eigenvalue weighted by atomic mass is 10.1. The maximum absolute atomic E-state index is 13.3. The van der Waals surface area contributed by atoms with Gasteiger partial charge in [0.25, 0.3) is 5.91 Å². The Bertz CT molecular complexity index is 202. The molecule has 1 aliphatic heterocycles. The first-order valence-electron chi connectivity index (χ1n) is 4.50. The number of hydrogen-bond donors (Lipinski definition) is 0. The van der Waals surface area contributed by atoms with Crippen LogP contribution in [0.25, 0.3) is 0 Å². The van der Waals surface area contributed by atoms with Gasteiger partial charge in [0.15, 0.2) is 5.67 Å². The zero-order chi connectivity index (χ0) is 10.1. The van der Waals surface area contributed by atoms with E-state index in [0.29, 0.717) is 6.54 Å². The standard InChI is InChI=1S/C9H16FNOS/c1-7-6-13-5-4-11(7)8(12)9(2,3)10/h7H,4-6H2,1-3H3. The van der Waals surface area contributed by atoms with E-state index in [1.54, 1.807) is 4.90 Å². The quantitative estimate of drug-likeness (QED) is 0.649. The minimum absolute atomic E-state index is 0.168. The van der Waals surface area contributed by atoms with Gasteiger partial charge >= 0.3 is 0 Å². The number of thioether (sulfide) groups is 1. The zero-order valence-electron chi connectivity index (χ0n) is 8.34. The van der Waals surface area contributed by atoms with Gasteiger partial charge in [-0.05, 0) is 20.8 Å². The van der Waals surface area contributed by atoms with Gasteiger partial charge in [-0.3, -0.25) is 4.79 Å². The molecule has 0 radical (unpaired) electrons. The lowest BCUT2D eigenvalue weighted by molar-refractivity contribution is -0.143. The Kier molecular flexibility index (Phi) is 3.22. The molecule has 0 bridgehead atoms. The van der Waals surface area contributed by atoms with Gasteiger partial charge in [0.1, 0.15) is 0 Å². The molecule has 4 heteroatoms. The molecule has 76 valence electrons. The summed E-state index contributed by atoms with van der Waals surface area (Å²) >= 11 is 1.82. The molecule has 0 aromatic carbocycles. The molecule has 0 aliphatic carbocycles. The van der Waals surface area contributed by atoms with Crippen molar-refractivity contribution in [1.29, 1.82) is 0 Å². The van der Waals surface area contributed by atoms with E-state index in [0.717, 1.165) is 11.5 Å². The normalized spacial score (nSPS) is 24.6.